The van der Waals surface area contributed by atoms with E-state index in [0.717, 1.165) is 34.4 Å². The highest BCUT2D eigenvalue weighted by atomic mass is 127. The molecule has 0 spiro atoms. The summed E-state index contributed by atoms with van der Waals surface area (Å²) in [6, 6.07) is 15.9. The average Bonchev–Trinajstić information content (AvgIpc) is 2.63. The fraction of sp³-hybridized carbons (Fsp3) is 0.350. The zero-order valence-electron chi connectivity index (χ0n) is 16.0. The molecule has 7 heteroatoms. The molecule has 27 heavy (non-hydrogen) atoms. The van der Waals surface area contributed by atoms with Gasteiger partial charge >= 0.3 is 0 Å². The van der Waals surface area contributed by atoms with Crippen LogP contribution < -0.4 is 15.4 Å². The maximum absolute atomic E-state index is 6.19. The summed E-state index contributed by atoms with van der Waals surface area (Å²) in [4.78, 5) is 6.35. The molecule has 0 unspecified atom stereocenters. The first-order chi connectivity index (χ1) is 12.6. The molecule has 0 aliphatic heterocycles. The topological polar surface area (TPSA) is 48.9 Å². The standard InChI is InChI=1S/C20H27ClN4O.HI/c1-22-20(24-15-17-8-4-5-10-19(17)21)23-14-16-7-6-9-18(13-16)26-12-11-25(2)3;/h4-10,13H,11-12,14-15H2,1-3H3,(H2,22,23,24);1H. The summed E-state index contributed by atoms with van der Waals surface area (Å²) in [7, 11) is 5.82. The van der Waals surface area contributed by atoms with Crippen LogP contribution in [0.3, 0.4) is 0 Å². The lowest BCUT2D eigenvalue weighted by molar-refractivity contribution is 0.261. The van der Waals surface area contributed by atoms with Crippen molar-refractivity contribution < 1.29 is 4.74 Å². The average molecular weight is 503 g/mol. The Balaban J connectivity index is 0.00000364. The molecule has 0 saturated heterocycles. The minimum Gasteiger partial charge on any atom is -0.492 e. The Labute approximate surface area is 184 Å². The number of ether oxygens (including phenoxy) is 1. The summed E-state index contributed by atoms with van der Waals surface area (Å²) in [5.41, 5.74) is 2.17. The van der Waals surface area contributed by atoms with Crippen molar-refractivity contribution in [1.82, 2.24) is 15.5 Å². The van der Waals surface area contributed by atoms with Crippen LogP contribution in [0.15, 0.2) is 53.5 Å². The maximum atomic E-state index is 6.19. The van der Waals surface area contributed by atoms with Gasteiger partial charge in [0.2, 0.25) is 0 Å². The second-order valence-electron chi connectivity index (χ2n) is 6.17. The SMILES string of the molecule is CN=C(NCc1cccc(OCCN(C)C)c1)NCc1ccccc1Cl.I. The number of guanidine groups is 1. The van der Waals surface area contributed by atoms with Gasteiger partial charge < -0.3 is 20.3 Å². The van der Waals surface area contributed by atoms with Crippen molar-refractivity contribution in [2.45, 2.75) is 13.1 Å². The number of nitrogens with one attached hydrogen (secondary N) is 2. The summed E-state index contributed by atoms with van der Waals surface area (Å²) in [6.45, 7) is 2.84. The maximum Gasteiger partial charge on any atom is 0.191 e. The quantitative estimate of drug-likeness (QED) is 0.328. The molecule has 2 aromatic rings. The number of likely N-dealkylation sites (N-methyl/N-ethyl adjacent to an activating group) is 1. The van der Waals surface area contributed by atoms with Gasteiger partial charge in [0.1, 0.15) is 12.4 Å². The van der Waals surface area contributed by atoms with Crippen LogP contribution in [-0.2, 0) is 13.1 Å². The number of hydrogen-bond donors (Lipinski definition) is 2. The first-order valence-corrected chi connectivity index (χ1v) is 9.00. The van der Waals surface area contributed by atoms with E-state index in [1.54, 1.807) is 7.05 Å². The molecule has 0 amide bonds. The predicted octanol–water partition coefficient (Wildman–Crippen LogP) is 3.76. The van der Waals surface area contributed by atoms with Gasteiger partial charge in [-0.25, -0.2) is 0 Å². The van der Waals surface area contributed by atoms with Crippen molar-refractivity contribution in [1.29, 1.82) is 0 Å². The Morgan fingerprint density at radius 3 is 2.52 bits per heavy atom. The van der Waals surface area contributed by atoms with Gasteiger partial charge in [0, 0.05) is 31.7 Å². The molecule has 0 saturated carbocycles. The zero-order valence-corrected chi connectivity index (χ0v) is 19.1. The molecule has 2 N–H and O–H groups in total. The van der Waals surface area contributed by atoms with E-state index >= 15 is 0 Å². The molecule has 148 valence electrons. The van der Waals surface area contributed by atoms with Crippen molar-refractivity contribution in [2.75, 3.05) is 34.3 Å². The van der Waals surface area contributed by atoms with E-state index in [9.17, 15) is 0 Å². The summed E-state index contributed by atoms with van der Waals surface area (Å²) < 4.78 is 5.78. The summed E-state index contributed by atoms with van der Waals surface area (Å²) in [6.07, 6.45) is 0. The molecule has 0 aliphatic rings. The highest BCUT2D eigenvalue weighted by molar-refractivity contribution is 14.0. The third kappa shape index (κ3) is 8.81. The Morgan fingerprint density at radius 1 is 1.07 bits per heavy atom. The Kier molecular flexibility index (Phi) is 11.2. The highest BCUT2D eigenvalue weighted by Gasteiger charge is 2.03. The highest BCUT2D eigenvalue weighted by Crippen LogP contribution is 2.15. The third-order valence-corrected chi connectivity index (χ3v) is 4.16. The number of halogens is 2. The lowest BCUT2D eigenvalue weighted by Crippen LogP contribution is -2.36. The number of benzene rings is 2. The van der Waals surface area contributed by atoms with Crippen LogP contribution in [0.1, 0.15) is 11.1 Å². The van der Waals surface area contributed by atoms with E-state index in [1.807, 2.05) is 56.6 Å². The van der Waals surface area contributed by atoms with Gasteiger partial charge in [-0.05, 0) is 43.4 Å². The molecule has 0 aromatic heterocycles. The first-order valence-electron chi connectivity index (χ1n) is 8.63. The molecule has 5 nitrogen and oxygen atoms in total. The van der Waals surface area contributed by atoms with E-state index in [0.29, 0.717) is 19.7 Å². The van der Waals surface area contributed by atoms with Crippen LogP contribution in [0, 0.1) is 0 Å². The monoisotopic (exact) mass is 502 g/mol. The largest absolute Gasteiger partial charge is 0.492 e. The lowest BCUT2D eigenvalue weighted by Gasteiger charge is -2.14. The van der Waals surface area contributed by atoms with Crippen molar-refractivity contribution >= 4 is 41.5 Å². The first kappa shape index (κ1) is 23.5. The smallest absolute Gasteiger partial charge is 0.191 e. The van der Waals surface area contributed by atoms with Gasteiger partial charge in [-0.3, -0.25) is 4.99 Å². The minimum absolute atomic E-state index is 0. The number of hydrogen-bond acceptors (Lipinski definition) is 3. The number of rotatable bonds is 8. The van der Waals surface area contributed by atoms with Crippen LogP contribution >= 0.6 is 35.6 Å². The van der Waals surface area contributed by atoms with Gasteiger partial charge in [0.25, 0.3) is 0 Å². The lowest BCUT2D eigenvalue weighted by atomic mass is 10.2. The van der Waals surface area contributed by atoms with E-state index < -0.39 is 0 Å². The van der Waals surface area contributed by atoms with Crippen LogP contribution in [0.25, 0.3) is 0 Å². The van der Waals surface area contributed by atoms with Crippen molar-refractivity contribution in [3.63, 3.8) is 0 Å². The molecule has 0 radical (unpaired) electrons. The Hall–Kier alpha value is -1.51. The molecular weight excluding hydrogens is 475 g/mol. The second-order valence-corrected chi connectivity index (χ2v) is 6.58. The molecule has 0 heterocycles. The molecule has 2 aromatic carbocycles. The van der Waals surface area contributed by atoms with Crippen LogP contribution in [0.4, 0.5) is 0 Å². The second kappa shape index (κ2) is 12.8. The summed E-state index contributed by atoms with van der Waals surface area (Å²) >= 11 is 6.19. The van der Waals surface area contributed by atoms with Crippen LogP contribution in [0.5, 0.6) is 5.75 Å². The molecule has 0 bridgehead atoms. The predicted molar refractivity (Wildman–Crippen MR) is 124 cm³/mol. The fourth-order valence-electron chi connectivity index (χ4n) is 2.32. The van der Waals surface area contributed by atoms with Crippen LogP contribution in [-0.4, -0.2) is 45.2 Å². The van der Waals surface area contributed by atoms with Gasteiger partial charge in [-0.15, -0.1) is 24.0 Å². The summed E-state index contributed by atoms with van der Waals surface area (Å²) in [5.74, 6) is 1.61. The molecule has 0 atom stereocenters. The van der Waals surface area contributed by atoms with Gasteiger partial charge in [0.05, 0.1) is 0 Å². The number of aliphatic imine (C=N–C) groups is 1. The Morgan fingerprint density at radius 2 is 1.81 bits per heavy atom. The van der Waals surface area contributed by atoms with Crippen molar-refractivity contribution in [3.05, 3.63) is 64.7 Å². The molecule has 0 fully saturated rings. The third-order valence-electron chi connectivity index (χ3n) is 3.79. The van der Waals surface area contributed by atoms with E-state index in [4.69, 9.17) is 16.3 Å². The van der Waals surface area contributed by atoms with Gasteiger partial charge in [-0.1, -0.05) is 41.9 Å². The zero-order chi connectivity index (χ0) is 18.8. The minimum atomic E-state index is 0. The van der Waals surface area contributed by atoms with E-state index in [-0.39, 0.29) is 24.0 Å². The van der Waals surface area contributed by atoms with E-state index in [1.165, 1.54) is 0 Å². The fourth-order valence-corrected chi connectivity index (χ4v) is 2.52. The van der Waals surface area contributed by atoms with Crippen molar-refractivity contribution in [2.24, 2.45) is 4.99 Å². The number of nitrogens with zero attached hydrogens (tertiary/aromatic N) is 2. The van der Waals surface area contributed by atoms with Crippen molar-refractivity contribution in [3.8, 4) is 5.75 Å². The van der Waals surface area contributed by atoms with Gasteiger partial charge in [-0.2, -0.15) is 0 Å². The molecular formula is C20H28ClIN4O. The molecule has 2 rings (SSSR count). The van der Waals surface area contributed by atoms with Crippen LogP contribution in [0.2, 0.25) is 5.02 Å². The Bertz CT molecular complexity index is 725. The van der Waals surface area contributed by atoms with E-state index in [2.05, 4.69) is 26.6 Å². The summed E-state index contributed by atoms with van der Waals surface area (Å²) in [5, 5.41) is 7.33. The molecule has 0 aliphatic carbocycles. The normalized spacial score (nSPS) is 11.1. The van der Waals surface area contributed by atoms with Gasteiger partial charge in [0.15, 0.2) is 5.96 Å².